The molecule has 0 spiro atoms. The van der Waals surface area contributed by atoms with Crippen molar-refractivity contribution in [1.29, 1.82) is 0 Å². The van der Waals surface area contributed by atoms with Gasteiger partial charge in [0.25, 0.3) is 0 Å². The minimum absolute atomic E-state index is 0.0759. The van der Waals surface area contributed by atoms with Gasteiger partial charge in [-0.3, -0.25) is 0 Å². The molecule has 0 fully saturated rings. The van der Waals surface area contributed by atoms with Crippen molar-refractivity contribution < 1.29 is 0 Å². The van der Waals surface area contributed by atoms with Crippen LogP contribution in [-0.2, 0) is 0 Å². The summed E-state index contributed by atoms with van der Waals surface area (Å²) in [6.45, 7) is 15.6. The molecule has 0 bridgehead atoms. The lowest BCUT2D eigenvalue weighted by molar-refractivity contribution is 1.15. The highest BCUT2D eigenvalue weighted by atomic mass is 15.3. The van der Waals surface area contributed by atoms with Crippen molar-refractivity contribution in [1.82, 2.24) is 9.13 Å². The number of fused-ring (bicyclic) bond motifs is 13. The molecule has 5 heteroatoms. The third-order valence-electron chi connectivity index (χ3n) is 16.5. The Balaban J connectivity index is 1.02. The van der Waals surface area contributed by atoms with Crippen molar-refractivity contribution in [3.8, 4) is 11.4 Å². The van der Waals surface area contributed by atoms with Gasteiger partial charge < -0.3 is 18.9 Å². The second-order valence-electron chi connectivity index (χ2n) is 21.5. The Hall–Kier alpha value is -8.80. The summed E-state index contributed by atoms with van der Waals surface area (Å²) in [4.78, 5) is 5.18. The van der Waals surface area contributed by atoms with Crippen molar-refractivity contribution in [3.63, 3.8) is 0 Å². The first-order valence-corrected chi connectivity index (χ1v) is 26.1. The van der Waals surface area contributed by atoms with E-state index in [1.807, 2.05) is 0 Å². The predicted octanol–water partition coefficient (Wildman–Crippen LogP) is 16.4. The fraction of sp³-hybridized carbons (Fsp3) is 0.101. The second kappa shape index (κ2) is 15.6. The number of hydrogen-bond acceptors (Lipinski definition) is 2. The van der Waals surface area contributed by atoms with Crippen LogP contribution in [-0.4, -0.2) is 15.8 Å². The Morgan fingerprint density at radius 2 is 0.743 bits per heavy atom. The molecule has 0 saturated carbocycles. The summed E-state index contributed by atoms with van der Waals surface area (Å²) in [6, 6.07) is 74.3. The van der Waals surface area contributed by atoms with Crippen LogP contribution in [0.3, 0.4) is 0 Å². The van der Waals surface area contributed by atoms with E-state index in [1.165, 1.54) is 143 Å². The van der Waals surface area contributed by atoms with E-state index in [1.54, 1.807) is 0 Å². The van der Waals surface area contributed by atoms with Crippen LogP contribution < -0.4 is 26.2 Å². The van der Waals surface area contributed by atoms with Crippen LogP contribution >= 0.6 is 0 Å². The van der Waals surface area contributed by atoms with E-state index in [4.69, 9.17) is 0 Å². The summed E-state index contributed by atoms with van der Waals surface area (Å²) in [5.41, 5.74) is 27.2. The molecule has 0 saturated heterocycles. The molecule has 11 aromatic carbocycles. The first-order chi connectivity index (χ1) is 36.1. The number of rotatable bonds is 4. The van der Waals surface area contributed by atoms with E-state index < -0.39 is 0 Å². The van der Waals surface area contributed by atoms with Gasteiger partial charge in [0.15, 0.2) is 0 Å². The normalized spacial score (nSPS) is 13.0. The van der Waals surface area contributed by atoms with Crippen LogP contribution in [0.25, 0.3) is 76.5 Å². The molecule has 0 unspecified atom stereocenters. The molecule has 0 N–H and O–H groups in total. The molecule has 352 valence electrons. The number of nitrogens with zero attached hydrogens (tertiary/aromatic N) is 4. The Morgan fingerprint density at radius 3 is 1.28 bits per heavy atom. The molecule has 15 rings (SSSR count). The zero-order valence-electron chi connectivity index (χ0n) is 42.8. The average molecular weight is 949 g/mol. The van der Waals surface area contributed by atoms with Gasteiger partial charge >= 0.3 is 0 Å². The maximum atomic E-state index is 2.62. The highest BCUT2D eigenvalue weighted by Gasteiger charge is 2.44. The maximum absolute atomic E-state index is 2.62. The van der Waals surface area contributed by atoms with E-state index in [2.05, 4.69) is 262 Å². The third kappa shape index (κ3) is 6.10. The summed E-state index contributed by atoms with van der Waals surface area (Å²) >= 11 is 0. The maximum Gasteiger partial charge on any atom is 0.248 e. The van der Waals surface area contributed by atoms with E-state index in [0.29, 0.717) is 0 Å². The van der Waals surface area contributed by atoms with Crippen LogP contribution in [0.15, 0.2) is 194 Å². The molecule has 13 aromatic rings. The van der Waals surface area contributed by atoms with Crippen LogP contribution in [0, 0.1) is 48.5 Å². The number of hydrogen-bond donors (Lipinski definition) is 0. The van der Waals surface area contributed by atoms with E-state index in [-0.39, 0.29) is 6.71 Å². The number of anilines is 6. The van der Waals surface area contributed by atoms with Crippen molar-refractivity contribution in [2.24, 2.45) is 0 Å². The molecular formula is C69H53BN4. The number of aromatic nitrogens is 2. The fourth-order valence-electron chi connectivity index (χ4n) is 13.4. The molecule has 0 amide bonds. The molecule has 0 radical (unpaired) electrons. The van der Waals surface area contributed by atoms with Crippen molar-refractivity contribution >= 4 is 122 Å². The predicted molar refractivity (Wildman–Crippen MR) is 317 cm³/mol. The molecule has 4 heterocycles. The van der Waals surface area contributed by atoms with Gasteiger partial charge in [0.2, 0.25) is 6.71 Å². The number of aryl methyl sites for hydroxylation is 7. The van der Waals surface area contributed by atoms with Gasteiger partial charge in [0.1, 0.15) is 0 Å². The van der Waals surface area contributed by atoms with E-state index in [9.17, 15) is 0 Å². The van der Waals surface area contributed by atoms with Gasteiger partial charge in [-0.05, 0) is 190 Å². The van der Waals surface area contributed by atoms with Gasteiger partial charge in [-0.15, -0.1) is 0 Å². The zero-order valence-corrected chi connectivity index (χ0v) is 42.8. The SMILES string of the molecule is Cc1cc(C)c(B2c3cc(-n4c5ccc(C)cc5c5cc(C)ccc54)ccc3N3c4cc5ccccc5cc4N(c4ccc(-n5c6ccc(C)cc6c6cc(C)ccc65)cc4)c4cc5ccccc5c2c43)c(C)c1. The Kier molecular flexibility index (Phi) is 9.04. The highest BCUT2D eigenvalue weighted by molar-refractivity contribution is 7.00. The van der Waals surface area contributed by atoms with Gasteiger partial charge in [-0.2, -0.15) is 0 Å². The van der Waals surface area contributed by atoms with Gasteiger partial charge in [-0.1, -0.05) is 129 Å². The van der Waals surface area contributed by atoms with Gasteiger partial charge in [-0.25, -0.2) is 0 Å². The van der Waals surface area contributed by atoms with Gasteiger partial charge in [0.05, 0.1) is 44.8 Å². The first-order valence-electron chi connectivity index (χ1n) is 26.1. The Bertz CT molecular complexity index is 4450. The van der Waals surface area contributed by atoms with Crippen LogP contribution in [0.1, 0.15) is 38.9 Å². The molecule has 4 nitrogen and oxygen atoms in total. The summed E-state index contributed by atoms with van der Waals surface area (Å²) in [7, 11) is 0. The topological polar surface area (TPSA) is 16.3 Å². The molecule has 0 atom stereocenters. The fourth-order valence-corrected chi connectivity index (χ4v) is 13.4. The largest absolute Gasteiger partial charge is 0.309 e. The standard InChI is InChI=1S/C69H53BN4/c1-40-16-25-59-54(32-40)55-33-41(2)17-26-60(55)71(59)50-20-22-51(23-21-50)72-64-36-47-12-8-9-13-48(47)37-65(64)74-63-29-24-52(73-61-27-18-42(3)34-56(61)57-35-43(4)19-28-62(57)73)39-58(63)70(67-45(6)30-44(5)31-46(67)7)68-53-15-11-10-14-49(53)38-66(72)69(68)74/h8-39H,1-7H3. The summed E-state index contributed by atoms with van der Waals surface area (Å²) in [5, 5.41) is 10.1. The smallest absolute Gasteiger partial charge is 0.248 e. The lowest BCUT2D eigenvalue weighted by atomic mass is 9.33. The molecule has 74 heavy (non-hydrogen) atoms. The summed E-state index contributed by atoms with van der Waals surface area (Å²) < 4.78 is 4.94. The lowest BCUT2D eigenvalue weighted by Crippen LogP contribution is -2.59. The second-order valence-corrected chi connectivity index (χ2v) is 21.5. The monoisotopic (exact) mass is 948 g/mol. The lowest BCUT2D eigenvalue weighted by Gasteiger charge is -2.46. The molecule has 2 aliphatic heterocycles. The van der Waals surface area contributed by atoms with Crippen LogP contribution in [0.5, 0.6) is 0 Å². The molecular weight excluding hydrogens is 896 g/mol. The van der Waals surface area contributed by atoms with E-state index in [0.717, 1.165) is 22.7 Å². The van der Waals surface area contributed by atoms with Crippen molar-refractivity contribution in [2.75, 3.05) is 9.80 Å². The van der Waals surface area contributed by atoms with E-state index >= 15 is 0 Å². The molecule has 2 aliphatic rings. The van der Waals surface area contributed by atoms with Gasteiger partial charge in [0, 0.05) is 44.3 Å². The highest BCUT2D eigenvalue weighted by Crippen LogP contribution is 2.57. The first kappa shape index (κ1) is 42.8. The third-order valence-corrected chi connectivity index (χ3v) is 16.5. The Labute approximate surface area is 432 Å². The summed E-state index contributed by atoms with van der Waals surface area (Å²) in [5.74, 6) is 0. The summed E-state index contributed by atoms with van der Waals surface area (Å²) in [6.07, 6.45) is 0. The minimum Gasteiger partial charge on any atom is -0.309 e. The van der Waals surface area contributed by atoms with Crippen LogP contribution in [0.4, 0.5) is 34.1 Å². The number of benzene rings is 11. The Morgan fingerprint density at radius 1 is 0.297 bits per heavy atom. The average Bonchev–Trinajstić information content (AvgIpc) is 3.99. The zero-order chi connectivity index (χ0) is 49.8. The molecule has 0 aliphatic carbocycles. The van der Waals surface area contributed by atoms with Crippen molar-refractivity contribution in [3.05, 3.63) is 233 Å². The molecule has 2 aromatic heterocycles. The van der Waals surface area contributed by atoms with Crippen molar-refractivity contribution in [2.45, 2.75) is 48.5 Å². The minimum atomic E-state index is -0.0759. The quantitative estimate of drug-likeness (QED) is 0.163. The van der Waals surface area contributed by atoms with Crippen LogP contribution in [0.2, 0.25) is 0 Å².